The van der Waals surface area contributed by atoms with E-state index in [9.17, 15) is 4.79 Å². The fourth-order valence-corrected chi connectivity index (χ4v) is 1.73. The predicted molar refractivity (Wildman–Crippen MR) is 59.7 cm³/mol. The largest absolute Gasteiger partial charge is 0.286 e. The molecule has 0 atom stereocenters. The molecule has 1 aromatic heterocycles. The van der Waals surface area contributed by atoms with E-state index >= 15 is 0 Å². The molecule has 0 amide bonds. The molecule has 72 valence electrons. The van der Waals surface area contributed by atoms with Gasteiger partial charge in [0.1, 0.15) is 0 Å². The maximum atomic E-state index is 11.7. The van der Waals surface area contributed by atoms with Gasteiger partial charge in [-0.05, 0) is 29.8 Å². The van der Waals surface area contributed by atoms with Gasteiger partial charge in [0.15, 0.2) is 0 Å². The van der Waals surface area contributed by atoms with Gasteiger partial charge in [-0.1, -0.05) is 15.9 Å². The molecule has 1 heterocycles. The molecule has 0 N–H and O–H groups in total. The third-order valence-corrected chi connectivity index (χ3v) is 2.82. The van der Waals surface area contributed by atoms with Crippen LogP contribution in [0.15, 0.2) is 27.5 Å². The van der Waals surface area contributed by atoms with E-state index in [0.717, 1.165) is 4.47 Å². The molecule has 0 fully saturated rings. The van der Waals surface area contributed by atoms with Gasteiger partial charge in [0, 0.05) is 11.5 Å². The van der Waals surface area contributed by atoms with E-state index in [0.29, 0.717) is 10.9 Å². The second-order valence-electron chi connectivity index (χ2n) is 2.91. The third kappa shape index (κ3) is 1.44. The zero-order valence-electron chi connectivity index (χ0n) is 7.29. The van der Waals surface area contributed by atoms with Crippen molar-refractivity contribution in [1.82, 2.24) is 9.55 Å². The lowest BCUT2D eigenvalue weighted by Crippen LogP contribution is -2.18. The van der Waals surface area contributed by atoms with Crippen molar-refractivity contribution in [3.05, 3.63) is 38.3 Å². The van der Waals surface area contributed by atoms with Crippen LogP contribution in [0.5, 0.6) is 0 Å². The third-order valence-electron chi connectivity index (χ3n) is 1.98. The quantitative estimate of drug-likeness (QED) is 0.691. The molecule has 5 heteroatoms. The zero-order valence-corrected chi connectivity index (χ0v) is 9.63. The molecule has 2 rings (SSSR count). The minimum atomic E-state index is -0.132. The second-order valence-corrected chi connectivity index (χ2v) is 4.16. The molecule has 0 saturated carbocycles. The maximum absolute atomic E-state index is 11.7. The Hall–Kier alpha value is -0.870. The summed E-state index contributed by atoms with van der Waals surface area (Å²) in [5.41, 5.74) is 0.472. The topological polar surface area (TPSA) is 34.9 Å². The van der Waals surface area contributed by atoms with E-state index in [-0.39, 0.29) is 10.8 Å². The molecule has 0 unspecified atom stereocenters. The first-order valence-electron chi connectivity index (χ1n) is 3.91. The lowest BCUT2D eigenvalue weighted by molar-refractivity contribution is 0.844. The Labute approximate surface area is 93.5 Å². The number of benzene rings is 1. The average molecular weight is 274 g/mol. The summed E-state index contributed by atoms with van der Waals surface area (Å²) in [4.78, 5) is 15.8. The van der Waals surface area contributed by atoms with Crippen molar-refractivity contribution in [1.29, 1.82) is 0 Å². The molecular formula is C9H6BrClN2O. The number of halogens is 2. The number of fused-ring (bicyclic) bond motifs is 1. The van der Waals surface area contributed by atoms with Crippen molar-refractivity contribution in [3.8, 4) is 0 Å². The molecule has 14 heavy (non-hydrogen) atoms. The first-order chi connectivity index (χ1) is 6.59. The van der Waals surface area contributed by atoms with E-state index in [1.54, 1.807) is 25.2 Å². The lowest BCUT2D eigenvalue weighted by atomic mass is 10.2. The van der Waals surface area contributed by atoms with Crippen LogP contribution in [0.25, 0.3) is 10.9 Å². The van der Waals surface area contributed by atoms with Crippen molar-refractivity contribution >= 4 is 38.4 Å². The van der Waals surface area contributed by atoms with E-state index < -0.39 is 0 Å². The van der Waals surface area contributed by atoms with Crippen LogP contribution in [0.4, 0.5) is 0 Å². The van der Waals surface area contributed by atoms with E-state index in [1.165, 1.54) is 4.57 Å². The van der Waals surface area contributed by atoms with Crippen molar-refractivity contribution in [3.63, 3.8) is 0 Å². The van der Waals surface area contributed by atoms with Gasteiger partial charge in [-0.15, -0.1) is 0 Å². The number of aromatic nitrogens is 2. The fourth-order valence-electron chi connectivity index (χ4n) is 1.22. The SMILES string of the molecule is Cn1c(Cl)nc2cc(Br)ccc2c1=O. The van der Waals surface area contributed by atoms with Crippen molar-refractivity contribution < 1.29 is 0 Å². The molecule has 2 aromatic rings. The van der Waals surface area contributed by atoms with Crippen LogP contribution >= 0.6 is 27.5 Å². The van der Waals surface area contributed by atoms with Gasteiger partial charge in [0.25, 0.3) is 5.56 Å². The van der Waals surface area contributed by atoms with Crippen LogP contribution in [0, 0.1) is 0 Å². The molecule has 0 spiro atoms. The van der Waals surface area contributed by atoms with Crippen molar-refractivity contribution in [2.45, 2.75) is 0 Å². The summed E-state index contributed by atoms with van der Waals surface area (Å²) in [5.74, 6) is 0. The van der Waals surface area contributed by atoms with Crippen LogP contribution in [-0.4, -0.2) is 9.55 Å². The first-order valence-corrected chi connectivity index (χ1v) is 5.08. The van der Waals surface area contributed by atoms with Crippen LogP contribution in [-0.2, 0) is 7.05 Å². The zero-order chi connectivity index (χ0) is 10.3. The summed E-state index contributed by atoms with van der Waals surface area (Å²) in [6.45, 7) is 0. The molecular weight excluding hydrogens is 267 g/mol. The summed E-state index contributed by atoms with van der Waals surface area (Å²) in [6.07, 6.45) is 0. The van der Waals surface area contributed by atoms with Crippen LogP contribution < -0.4 is 5.56 Å². The van der Waals surface area contributed by atoms with Gasteiger partial charge in [0.2, 0.25) is 5.28 Å². The predicted octanol–water partition coefficient (Wildman–Crippen LogP) is 2.35. The Bertz CT molecular complexity index is 564. The Morgan fingerprint density at radius 3 is 2.93 bits per heavy atom. The summed E-state index contributed by atoms with van der Waals surface area (Å²) >= 11 is 9.09. The number of hydrogen-bond acceptors (Lipinski definition) is 2. The Balaban J connectivity index is 2.98. The molecule has 0 radical (unpaired) electrons. The van der Waals surface area contributed by atoms with E-state index in [2.05, 4.69) is 20.9 Å². The second kappa shape index (κ2) is 3.37. The Morgan fingerprint density at radius 1 is 1.50 bits per heavy atom. The van der Waals surface area contributed by atoms with Gasteiger partial charge < -0.3 is 0 Å². The summed E-state index contributed by atoms with van der Waals surface area (Å²) in [5, 5.41) is 0.765. The van der Waals surface area contributed by atoms with Gasteiger partial charge in [-0.3, -0.25) is 9.36 Å². The number of hydrogen-bond donors (Lipinski definition) is 0. The highest BCUT2D eigenvalue weighted by molar-refractivity contribution is 9.10. The lowest BCUT2D eigenvalue weighted by Gasteiger charge is -2.03. The molecule has 0 aliphatic rings. The van der Waals surface area contributed by atoms with Gasteiger partial charge in [0.05, 0.1) is 10.9 Å². The normalized spacial score (nSPS) is 10.8. The standard InChI is InChI=1S/C9H6BrClN2O/c1-13-8(14)6-3-2-5(10)4-7(6)12-9(13)11/h2-4H,1H3. The smallest absolute Gasteiger partial charge is 0.262 e. The molecule has 1 aromatic carbocycles. The summed E-state index contributed by atoms with van der Waals surface area (Å²) in [6, 6.07) is 5.30. The number of nitrogens with zero attached hydrogens (tertiary/aromatic N) is 2. The van der Waals surface area contributed by atoms with Crippen LogP contribution in [0.2, 0.25) is 5.28 Å². The molecule has 0 saturated heterocycles. The van der Waals surface area contributed by atoms with Crippen molar-refractivity contribution in [2.24, 2.45) is 7.05 Å². The molecule has 3 nitrogen and oxygen atoms in total. The number of rotatable bonds is 0. The first kappa shape index (κ1) is 9.68. The van der Waals surface area contributed by atoms with Gasteiger partial charge in [-0.25, -0.2) is 4.98 Å². The Kier molecular flexibility index (Phi) is 2.33. The molecule has 0 bridgehead atoms. The van der Waals surface area contributed by atoms with Crippen LogP contribution in [0.1, 0.15) is 0 Å². The highest BCUT2D eigenvalue weighted by Crippen LogP contribution is 2.16. The highest BCUT2D eigenvalue weighted by atomic mass is 79.9. The van der Waals surface area contributed by atoms with Gasteiger partial charge in [-0.2, -0.15) is 0 Å². The minimum Gasteiger partial charge on any atom is -0.286 e. The summed E-state index contributed by atoms with van der Waals surface area (Å²) < 4.78 is 2.19. The monoisotopic (exact) mass is 272 g/mol. The fraction of sp³-hybridized carbons (Fsp3) is 0.111. The maximum Gasteiger partial charge on any atom is 0.262 e. The Morgan fingerprint density at radius 2 is 2.21 bits per heavy atom. The van der Waals surface area contributed by atoms with Gasteiger partial charge >= 0.3 is 0 Å². The highest BCUT2D eigenvalue weighted by Gasteiger charge is 2.05. The van der Waals surface area contributed by atoms with E-state index in [1.807, 2.05) is 0 Å². The van der Waals surface area contributed by atoms with Crippen molar-refractivity contribution in [2.75, 3.05) is 0 Å². The average Bonchev–Trinajstić information content (AvgIpc) is 2.14. The van der Waals surface area contributed by atoms with E-state index in [4.69, 9.17) is 11.6 Å². The molecule has 0 aliphatic carbocycles. The van der Waals surface area contributed by atoms with Crippen LogP contribution in [0.3, 0.4) is 0 Å². The molecule has 0 aliphatic heterocycles. The minimum absolute atomic E-state index is 0.132. The summed E-state index contributed by atoms with van der Waals surface area (Å²) in [7, 11) is 1.60.